The Labute approximate surface area is 152 Å². The van der Waals surface area contributed by atoms with E-state index in [1.165, 1.54) is 0 Å². The lowest BCUT2D eigenvalue weighted by Crippen LogP contribution is -2.52. The normalized spacial score (nSPS) is 23.3. The van der Waals surface area contributed by atoms with Gasteiger partial charge in [0.05, 0.1) is 6.20 Å². The third-order valence-electron chi connectivity index (χ3n) is 4.87. The van der Waals surface area contributed by atoms with Crippen molar-refractivity contribution in [3.8, 4) is 5.75 Å². The van der Waals surface area contributed by atoms with Crippen LogP contribution in [0.4, 0.5) is 0 Å². The van der Waals surface area contributed by atoms with Crippen molar-refractivity contribution >= 4 is 17.5 Å². The Morgan fingerprint density at radius 2 is 2.12 bits per heavy atom. The van der Waals surface area contributed by atoms with Gasteiger partial charge in [-0.25, -0.2) is 0 Å². The molecule has 2 aromatic rings. The zero-order valence-electron chi connectivity index (χ0n) is 13.8. The molecule has 2 aliphatic rings. The molecule has 6 heteroatoms. The van der Waals surface area contributed by atoms with E-state index in [4.69, 9.17) is 16.3 Å². The van der Waals surface area contributed by atoms with Gasteiger partial charge in [-0.05, 0) is 30.3 Å². The van der Waals surface area contributed by atoms with Gasteiger partial charge in [0.2, 0.25) is 0 Å². The lowest BCUT2D eigenvalue weighted by atomic mass is 10.1. The average molecular weight is 358 g/mol. The van der Waals surface area contributed by atoms with Gasteiger partial charge in [0.1, 0.15) is 11.9 Å². The molecule has 1 amide bonds. The minimum absolute atomic E-state index is 0.0544. The van der Waals surface area contributed by atoms with Crippen LogP contribution in [0.2, 0.25) is 5.02 Å². The molecule has 2 aliphatic heterocycles. The second-order valence-corrected chi connectivity index (χ2v) is 7.01. The molecule has 3 heterocycles. The summed E-state index contributed by atoms with van der Waals surface area (Å²) >= 11 is 6.01. The van der Waals surface area contributed by atoms with Crippen LogP contribution in [0.5, 0.6) is 5.75 Å². The fraction of sp³-hybridized carbons (Fsp3) is 0.368. The second kappa shape index (κ2) is 7.02. The van der Waals surface area contributed by atoms with Crippen LogP contribution in [-0.2, 0) is 0 Å². The molecular weight excluding hydrogens is 338 g/mol. The van der Waals surface area contributed by atoms with Gasteiger partial charge in [-0.15, -0.1) is 0 Å². The zero-order valence-corrected chi connectivity index (χ0v) is 14.6. The molecular formula is C19H20ClN3O2. The van der Waals surface area contributed by atoms with Gasteiger partial charge >= 0.3 is 0 Å². The maximum absolute atomic E-state index is 12.7. The molecule has 1 aromatic heterocycles. The summed E-state index contributed by atoms with van der Waals surface area (Å²) in [5.74, 6) is 0.859. The van der Waals surface area contributed by atoms with Crippen LogP contribution >= 0.6 is 11.6 Å². The summed E-state index contributed by atoms with van der Waals surface area (Å²) in [4.78, 5) is 21.2. The van der Waals surface area contributed by atoms with Crippen molar-refractivity contribution in [1.82, 2.24) is 14.8 Å². The smallest absolute Gasteiger partial charge is 0.254 e. The van der Waals surface area contributed by atoms with Gasteiger partial charge in [-0.2, -0.15) is 0 Å². The molecule has 0 saturated carbocycles. The first-order valence-corrected chi connectivity index (χ1v) is 8.92. The summed E-state index contributed by atoms with van der Waals surface area (Å²) in [6.45, 7) is 3.25. The Morgan fingerprint density at radius 1 is 1.20 bits per heavy atom. The van der Waals surface area contributed by atoms with Crippen LogP contribution in [0.15, 0.2) is 48.8 Å². The molecule has 2 atom stereocenters. The van der Waals surface area contributed by atoms with E-state index in [0.717, 1.165) is 38.3 Å². The lowest BCUT2D eigenvalue weighted by molar-refractivity contribution is 0.0570. The number of hydrogen-bond acceptors (Lipinski definition) is 4. The maximum Gasteiger partial charge on any atom is 0.254 e. The molecule has 2 saturated heterocycles. The highest BCUT2D eigenvalue weighted by Gasteiger charge is 2.38. The van der Waals surface area contributed by atoms with E-state index in [0.29, 0.717) is 16.6 Å². The summed E-state index contributed by atoms with van der Waals surface area (Å²) in [6.07, 6.45) is 4.56. The molecule has 0 radical (unpaired) electrons. The summed E-state index contributed by atoms with van der Waals surface area (Å²) in [6, 6.07) is 11.3. The van der Waals surface area contributed by atoms with Gasteiger partial charge in [0, 0.05) is 55.4 Å². The van der Waals surface area contributed by atoms with Crippen molar-refractivity contribution < 1.29 is 9.53 Å². The molecule has 0 aliphatic carbocycles. The molecule has 4 rings (SSSR count). The van der Waals surface area contributed by atoms with Crippen molar-refractivity contribution in [2.24, 2.45) is 0 Å². The van der Waals surface area contributed by atoms with Crippen molar-refractivity contribution in [2.45, 2.75) is 18.6 Å². The highest BCUT2D eigenvalue weighted by molar-refractivity contribution is 6.30. The molecule has 0 bridgehead atoms. The molecule has 0 spiro atoms. The SMILES string of the molecule is O=C(c1cccc(Cl)c1)N1CCN2C[C@H](Oc3cccnc3)C[C@H]2C1. The number of amides is 1. The van der Waals surface area contributed by atoms with Gasteiger partial charge in [-0.3, -0.25) is 14.7 Å². The van der Waals surface area contributed by atoms with Crippen LogP contribution in [0, 0.1) is 0 Å². The Balaban J connectivity index is 1.39. The highest BCUT2D eigenvalue weighted by atomic mass is 35.5. The van der Waals surface area contributed by atoms with Crippen LogP contribution < -0.4 is 4.74 Å². The van der Waals surface area contributed by atoms with E-state index in [9.17, 15) is 4.79 Å². The first kappa shape index (κ1) is 16.4. The van der Waals surface area contributed by atoms with Gasteiger partial charge in [0.25, 0.3) is 5.91 Å². The number of benzene rings is 1. The first-order valence-electron chi connectivity index (χ1n) is 8.54. The van der Waals surface area contributed by atoms with Gasteiger partial charge in [0.15, 0.2) is 0 Å². The quantitative estimate of drug-likeness (QED) is 0.847. The van der Waals surface area contributed by atoms with Crippen molar-refractivity contribution in [3.05, 3.63) is 59.4 Å². The molecule has 0 unspecified atom stereocenters. The van der Waals surface area contributed by atoms with Crippen molar-refractivity contribution in [3.63, 3.8) is 0 Å². The number of hydrogen-bond donors (Lipinski definition) is 0. The van der Waals surface area contributed by atoms with E-state index in [2.05, 4.69) is 9.88 Å². The topological polar surface area (TPSA) is 45.7 Å². The molecule has 0 N–H and O–H groups in total. The number of fused-ring (bicyclic) bond motifs is 1. The number of carbonyl (C=O) groups excluding carboxylic acids is 1. The molecule has 1 aromatic carbocycles. The van der Waals surface area contributed by atoms with Crippen molar-refractivity contribution in [2.75, 3.05) is 26.2 Å². The number of nitrogens with zero attached hydrogens (tertiary/aromatic N) is 3. The predicted molar refractivity (Wildman–Crippen MR) is 96.0 cm³/mol. The van der Waals surface area contributed by atoms with Crippen LogP contribution in [0.1, 0.15) is 16.8 Å². The van der Waals surface area contributed by atoms with E-state index >= 15 is 0 Å². The van der Waals surface area contributed by atoms with E-state index < -0.39 is 0 Å². The second-order valence-electron chi connectivity index (χ2n) is 6.57. The summed E-state index contributed by atoms with van der Waals surface area (Å²) in [7, 11) is 0. The summed E-state index contributed by atoms with van der Waals surface area (Å²) in [5.41, 5.74) is 0.655. The third kappa shape index (κ3) is 3.62. The highest BCUT2D eigenvalue weighted by Crippen LogP contribution is 2.26. The molecule has 130 valence electrons. The van der Waals surface area contributed by atoms with Crippen molar-refractivity contribution in [1.29, 1.82) is 0 Å². The zero-order chi connectivity index (χ0) is 17.2. The Bertz CT molecular complexity index is 755. The molecule has 25 heavy (non-hydrogen) atoms. The van der Waals surface area contributed by atoms with E-state index in [-0.39, 0.29) is 12.0 Å². The number of pyridine rings is 1. The number of rotatable bonds is 3. The van der Waals surface area contributed by atoms with Gasteiger partial charge in [-0.1, -0.05) is 17.7 Å². The number of carbonyl (C=O) groups is 1. The monoisotopic (exact) mass is 357 g/mol. The number of halogens is 1. The standard InChI is InChI=1S/C19H20ClN3O2/c20-15-4-1-3-14(9-15)19(24)23-8-7-22-13-18(10-16(22)12-23)25-17-5-2-6-21-11-17/h1-6,9,11,16,18H,7-8,10,12-13H2/t16-,18+/m0/s1. The number of piperazine rings is 1. The fourth-order valence-electron chi connectivity index (χ4n) is 3.68. The van der Waals surface area contributed by atoms with Crippen LogP contribution in [-0.4, -0.2) is 59.0 Å². The summed E-state index contributed by atoms with van der Waals surface area (Å²) < 4.78 is 6.04. The Kier molecular flexibility index (Phi) is 4.59. The number of aromatic nitrogens is 1. The third-order valence-corrected chi connectivity index (χ3v) is 5.11. The molecule has 2 fully saturated rings. The first-order chi connectivity index (χ1) is 12.2. The van der Waals surface area contributed by atoms with Crippen LogP contribution in [0.25, 0.3) is 0 Å². The minimum Gasteiger partial charge on any atom is -0.487 e. The fourth-order valence-corrected chi connectivity index (χ4v) is 3.87. The summed E-state index contributed by atoms with van der Waals surface area (Å²) in [5, 5.41) is 0.593. The largest absolute Gasteiger partial charge is 0.487 e. The average Bonchev–Trinajstić information content (AvgIpc) is 3.03. The number of ether oxygens (including phenoxy) is 1. The predicted octanol–water partition coefficient (Wildman–Crippen LogP) is 2.71. The van der Waals surface area contributed by atoms with E-state index in [1.54, 1.807) is 24.5 Å². The molecule has 5 nitrogen and oxygen atoms in total. The Morgan fingerprint density at radius 3 is 2.92 bits per heavy atom. The Hall–Kier alpha value is -2.11. The maximum atomic E-state index is 12.7. The lowest BCUT2D eigenvalue weighted by Gasteiger charge is -2.37. The van der Waals surface area contributed by atoms with Gasteiger partial charge < -0.3 is 9.64 Å². The van der Waals surface area contributed by atoms with Crippen LogP contribution in [0.3, 0.4) is 0 Å². The minimum atomic E-state index is 0.0544. The van der Waals surface area contributed by atoms with E-state index in [1.807, 2.05) is 29.2 Å².